The molecule has 0 bridgehead atoms. The molecule has 0 spiro atoms. The smallest absolute Gasteiger partial charge is 0.0263 e. The van der Waals surface area contributed by atoms with Crippen LogP contribution in [0.3, 0.4) is 0 Å². The van der Waals surface area contributed by atoms with Gasteiger partial charge in [0.1, 0.15) is 0 Å². The molecule has 0 aromatic heterocycles. The third-order valence-corrected chi connectivity index (χ3v) is 4.76. The first-order chi connectivity index (χ1) is 6.08. The maximum Gasteiger partial charge on any atom is 0.0263 e. The minimum absolute atomic E-state index is 0.423. The van der Waals surface area contributed by atoms with Crippen molar-refractivity contribution in [2.75, 3.05) is 30.3 Å². The van der Waals surface area contributed by atoms with Crippen LogP contribution in [-0.4, -0.2) is 35.6 Å². The largest absolute Gasteiger partial charge is 0.315 e. The van der Waals surface area contributed by atoms with Crippen molar-refractivity contribution in [3.63, 3.8) is 0 Å². The number of thioether (sulfide) groups is 2. The molecule has 1 fully saturated rings. The van der Waals surface area contributed by atoms with Crippen LogP contribution >= 0.6 is 23.5 Å². The van der Waals surface area contributed by atoms with Gasteiger partial charge < -0.3 is 5.32 Å². The summed E-state index contributed by atoms with van der Waals surface area (Å²) in [6, 6.07) is 0. The van der Waals surface area contributed by atoms with Gasteiger partial charge in [-0.05, 0) is 5.41 Å². The van der Waals surface area contributed by atoms with Crippen molar-refractivity contribution < 1.29 is 0 Å². The molecule has 1 atom stereocenters. The summed E-state index contributed by atoms with van der Waals surface area (Å²) in [4.78, 5) is 0. The van der Waals surface area contributed by atoms with Crippen LogP contribution in [0, 0.1) is 5.41 Å². The van der Waals surface area contributed by atoms with Gasteiger partial charge >= 0.3 is 0 Å². The maximum absolute atomic E-state index is 3.56. The Morgan fingerprint density at radius 1 is 1.31 bits per heavy atom. The lowest BCUT2D eigenvalue weighted by atomic mass is 9.97. The predicted octanol–water partition coefficient (Wildman–Crippen LogP) is 2.47. The molecule has 3 heteroatoms. The number of hydrogen-bond acceptors (Lipinski definition) is 3. The highest BCUT2D eigenvalue weighted by Crippen LogP contribution is 2.23. The molecule has 0 aromatic rings. The highest BCUT2D eigenvalue weighted by Gasteiger charge is 2.15. The van der Waals surface area contributed by atoms with Crippen LogP contribution in [0.2, 0.25) is 0 Å². The van der Waals surface area contributed by atoms with E-state index in [4.69, 9.17) is 0 Å². The molecule has 78 valence electrons. The van der Waals surface area contributed by atoms with E-state index in [2.05, 4.69) is 49.6 Å². The molecule has 0 aliphatic carbocycles. The summed E-state index contributed by atoms with van der Waals surface area (Å²) in [6.07, 6.45) is 0. The summed E-state index contributed by atoms with van der Waals surface area (Å²) in [6.45, 7) is 9.16. The molecule has 1 aliphatic rings. The zero-order chi connectivity index (χ0) is 9.73. The van der Waals surface area contributed by atoms with E-state index < -0.39 is 0 Å². The van der Waals surface area contributed by atoms with Crippen molar-refractivity contribution in [3.05, 3.63) is 0 Å². The van der Waals surface area contributed by atoms with Gasteiger partial charge in [0, 0.05) is 35.6 Å². The lowest BCUT2D eigenvalue weighted by Gasteiger charge is -2.24. The number of hydrogen-bond donors (Lipinski definition) is 1. The fourth-order valence-electron chi connectivity index (χ4n) is 1.26. The highest BCUT2D eigenvalue weighted by molar-refractivity contribution is 8.06. The Kier molecular flexibility index (Phi) is 4.98. The molecule has 1 saturated heterocycles. The van der Waals surface area contributed by atoms with Gasteiger partial charge in [0.2, 0.25) is 0 Å². The molecule has 0 radical (unpaired) electrons. The Morgan fingerprint density at radius 2 is 2.08 bits per heavy atom. The van der Waals surface area contributed by atoms with Crippen LogP contribution in [0.15, 0.2) is 0 Å². The molecule has 1 N–H and O–H groups in total. The first-order valence-electron chi connectivity index (χ1n) is 4.98. The predicted molar refractivity (Wildman–Crippen MR) is 65.9 cm³/mol. The van der Waals surface area contributed by atoms with E-state index in [1.807, 2.05) is 0 Å². The van der Waals surface area contributed by atoms with Crippen LogP contribution in [-0.2, 0) is 0 Å². The van der Waals surface area contributed by atoms with Crippen molar-refractivity contribution in [2.24, 2.45) is 5.41 Å². The number of nitrogens with one attached hydrogen (secondary N) is 1. The standard InChI is InChI=1S/C10H21NS2/c1-10(2,3)8-11-6-9-7-12-4-5-13-9/h9,11H,4-8H2,1-3H3. The third-order valence-electron chi connectivity index (χ3n) is 1.91. The molecule has 0 aromatic carbocycles. The van der Waals surface area contributed by atoms with Crippen LogP contribution in [0.5, 0.6) is 0 Å². The van der Waals surface area contributed by atoms with Crippen molar-refractivity contribution >= 4 is 23.5 Å². The van der Waals surface area contributed by atoms with Crippen molar-refractivity contribution in [1.29, 1.82) is 0 Å². The first kappa shape index (κ1) is 11.7. The quantitative estimate of drug-likeness (QED) is 0.783. The van der Waals surface area contributed by atoms with Gasteiger partial charge in [-0.15, -0.1) is 0 Å². The second kappa shape index (κ2) is 5.52. The molecule has 1 rings (SSSR count). The van der Waals surface area contributed by atoms with Crippen LogP contribution in [0.1, 0.15) is 20.8 Å². The molecular weight excluding hydrogens is 198 g/mol. The summed E-state index contributed by atoms with van der Waals surface area (Å²) in [5, 5.41) is 4.41. The van der Waals surface area contributed by atoms with Crippen LogP contribution in [0.4, 0.5) is 0 Å². The van der Waals surface area contributed by atoms with Gasteiger partial charge in [-0.3, -0.25) is 0 Å². The van der Waals surface area contributed by atoms with Gasteiger partial charge in [-0.2, -0.15) is 23.5 Å². The molecule has 1 unspecified atom stereocenters. The summed E-state index contributed by atoms with van der Waals surface area (Å²) in [5.41, 5.74) is 0.423. The van der Waals surface area contributed by atoms with Crippen molar-refractivity contribution in [3.8, 4) is 0 Å². The summed E-state index contributed by atoms with van der Waals surface area (Å²) in [5.74, 6) is 4.02. The van der Waals surface area contributed by atoms with E-state index >= 15 is 0 Å². The Balaban J connectivity index is 2.04. The minimum Gasteiger partial charge on any atom is -0.315 e. The molecule has 1 heterocycles. The number of rotatable bonds is 3. The Hall–Kier alpha value is 0.660. The van der Waals surface area contributed by atoms with E-state index in [-0.39, 0.29) is 0 Å². The lowest BCUT2D eigenvalue weighted by Crippen LogP contribution is -2.34. The molecule has 0 amide bonds. The van der Waals surface area contributed by atoms with Gasteiger partial charge in [0.05, 0.1) is 0 Å². The van der Waals surface area contributed by atoms with Crippen LogP contribution < -0.4 is 5.32 Å². The van der Waals surface area contributed by atoms with Crippen molar-refractivity contribution in [2.45, 2.75) is 26.0 Å². The molecule has 1 aliphatic heterocycles. The van der Waals surface area contributed by atoms with Gasteiger partial charge in [-0.25, -0.2) is 0 Å². The van der Waals surface area contributed by atoms with E-state index in [1.165, 1.54) is 23.8 Å². The summed E-state index contributed by atoms with van der Waals surface area (Å²) < 4.78 is 0. The monoisotopic (exact) mass is 219 g/mol. The fraction of sp³-hybridized carbons (Fsp3) is 1.00. The molecular formula is C10H21NS2. The van der Waals surface area contributed by atoms with E-state index in [1.54, 1.807) is 0 Å². The molecule has 0 saturated carbocycles. The Labute approximate surface area is 90.8 Å². The van der Waals surface area contributed by atoms with E-state index in [0.717, 1.165) is 11.8 Å². The third kappa shape index (κ3) is 5.87. The highest BCUT2D eigenvalue weighted by atomic mass is 32.2. The van der Waals surface area contributed by atoms with Gasteiger partial charge in [0.15, 0.2) is 0 Å². The minimum atomic E-state index is 0.423. The van der Waals surface area contributed by atoms with Crippen molar-refractivity contribution in [1.82, 2.24) is 5.32 Å². The average Bonchev–Trinajstić information content (AvgIpc) is 2.04. The topological polar surface area (TPSA) is 12.0 Å². The van der Waals surface area contributed by atoms with Gasteiger partial charge in [0.25, 0.3) is 0 Å². The molecule has 13 heavy (non-hydrogen) atoms. The zero-order valence-electron chi connectivity index (χ0n) is 8.93. The average molecular weight is 219 g/mol. The summed E-state index contributed by atoms with van der Waals surface area (Å²) >= 11 is 4.23. The second-order valence-corrected chi connectivity index (χ2v) is 7.32. The zero-order valence-corrected chi connectivity index (χ0v) is 10.6. The van der Waals surface area contributed by atoms with Crippen LogP contribution in [0.25, 0.3) is 0 Å². The SMILES string of the molecule is CC(C)(C)CNCC1CSCCS1. The lowest BCUT2D eigenvalue weighted by molar-refractivity contribution is 0.382. The maximum atomic E-state index is 3.56. The fourth-order valence-corrected chi connectivity index (χ4v) is 3.91. The van der Waals surface area contributed by atoms with E-state index in [0.29, 0.717) is 5.41 Å². The molecule has 1 nitrogen and oxygen atoms in total. The van der Waals surface area contributed by atoms with E-state index in [9.17, 15) is 0 Å². The Bertz CT molecular complexity index is 136. The second-order valence-electron chi connectivity index (χ2n) is 4.76. The Morgan fingerprint density at radius 3 is 2.62 bits per heavy atom. The first-order valence-corrected chi connectivity index (χ1v) is 7.18. The normalized spacial score (nSPS) is 24.7. The van der Waals surface area contributed by atoms with Gasteiger partial charge in [-0.1, -0.05) is 20.8 Å². The summed E-state index contributed by atoms with van der Waals surface area (Å²) in [7, 11) is 0.